The van der Waals surface area contributed by atoms with E-state index < -0.39 is 17.1 Å². The standard InChI is InChI=1S/C21H24N4O6/c1-4-6-25-20(27)13(19(26)23-21(25)28)9-22-10-14-16-12(5-7-24(14)2)8-15-17(18(16)29-3)31-11-30-15/h4,8-9,14,27H,1,5-7,10-11H2,2-3H3,(H,23,26,28)/t14-/m0/s1. The Balaban J connectivity index is 1.69. The van der Waals surface area contributed by atoms with E-state index in [4.69, 9.17) is 14.2 Å². The van der Waals surface area contributed by atoms with Crippen LogP contribution in [-0.2, 0) is 13.0 Å². The summed E-state index contributed by atoms with van der Waals surface area (Å²) >= 11 is 0. The summed E-state index contributed by atoms with van der Waals surface area (Å²) in [5.41, 5.74) is 0.566. The molecule has 10 heteroatoms. The minimum atomic E-state index is -0.707. The highest BCUT2D eigenvalue weighted by atomic mass is 16.7. The molecule has 0 saturated heterocycles. The third kappa shape index (κ3) is 3.59. The molecule has 0 amide bonds. The fraction of sp³-hybridized carbons (Fsp3) is 0.381. The molecule has 2 aromatic rings. The molecule has 2 aliphatic heterocycles. The van der Waals surface area contributed by atoms with Crippen molar-refractivity contribution in [1.82, 2.24) is 14.5 Å². The summed E-state index contributed by atoms with van der Waals surface area (Å²) in [6, 6.07) is 1.84. The van der Waals surface area contributed by atoms with Gasteiger partial charge in [0, 0.05) is 24.9 Å². The minimum absolute atomic E-state index is 0.0609. The van der Waals surface area contributed by atoms with Crippen molar-refractivity contribution in [3.8, 4) is 23.1 Å². The summed E-state index contributed by atoms with van der Waals surface area (Å²) in [7, 11) is 3.58. The topological polar surface area (TPSA) is 118 Å². The number of aromatic nitrogens is 2. The second-order valence-electron chi connectivity index (χ2n) is 7.35. The molecule has 3 heterocycles. The highest BCUT2D eigenvalue weighted by molar-refractivity contribution is 5.81. The van der Waals surface area contributed by atoms with Crippen LogP contribution in [0.2, 0.25) is 0 Å². The molecule has 2 N–H and O–H groups in total. The Labute approximate surface area is 178 Å². The van der Waals surface area contributed by atoms with Gasteiger partial charge in [-0.2, -0.15) is 0 Å². The van der Waals surface area contributed by atoms with Crippen LogP contribution in [0.15, 0.2) is 33.3 Å². The van der Waals surface area contributed by atoms with Gasteiger partial charge < -0.3 is 19.3 Å². The fourth-order valence-corrected chi connectivity index (χ4v) is 3.99. The lowest BCUT2D eigenvalue weighted by Gasteiger charge is -2.35. The van der Waals surface area contributed by atoms with Gasteiger partial charge in [0.05, 0.1) is 19.7 Å². The second kappa shape index (κ2) is 8.31. The summed E-state index contributed by atoms with van der Waals surface area (Å²) in [5.74, 6) is 1.42. The summed E-state index contributed by atoms with van der Waals surface area (Å²) in [6.07, 6.45) is 3.56. The molecule has 2 aliphatic rings. The van der Waals surface area contributed by atoms with Crippen LogP contribution in [0.5, 0.6) is 23.1 Å². The van der Waals surface area contributed by atoms with E-state index >= 15 is 0 Å². The Morgan fingerprint density at radius 3 is 2.97 bits per heavy atom. The molecule has 0 saturated carbocycles. The molecule has 1 aromatic heterocycles. The first kappa shape index (κ1) is 20.7. The van der Waals surface area contributed by atoms with Crippen LogP contribution in [0, 0.1) is 0 Å². The Bertz CT molecular complexity index is 1170. The van der Waals surface area contributed by atoms with Crippen molar-refractivity contribution in [2.45, 2.75) is 19.0 Å². The molecular formula is C21H24N4O6. The van der Waals surface area contributed by atoms with E-state index in [0.717, 1.165) is 28.7 Å². The van der Waals surface area contributed by atoms with E-state index in [2.05, 4.69) is 21.5 Å². The largest absolute Gasteiger partial charge is 0.494 e. The van der Waals surface area contributed by atoms with Crippen molar-refractivity contribution >= 4 is 6.21 Å². The third-order valence-electron chi connectivity index (χ3n) is 5.56. The fourth-order valence-electron chi connectivity index (χ4n) is 3.99. The molecule has 0 aliphatic carbocycles. The molecule has 0 radical (unpaired) electrons. The predicted octanol–water partition coefficient (Wildman–Crippen LogP) is 0.814. The van der Waals surface area contributed by atoms with E-state index in [1.54, 1.807) is 7.11 Å². The zero-order valence-corrected chi connectivity index (χ0v) is 17.4. The third-order valence-corrected chi connectivity index (χ3v) is 5.56. The maximum atomic E-state index is 12.2. The number of nitrogens with zero attached hydrogens (tertiary/aromatic N) is 3. The van der Waals surface area contributed by atoms with Crippen molar-refractivity contribution in [2.24, 2.45) is 4.99 Å². The van der Waals surface area contributed by atoms with Crippen LogP contribution < -0.4 is 25.5 Å². The summed E-state index contributed by atoms with van der Waals surface area (Å²) in [5, 5.41) is 10.4. The molecule has 10 nitrogen and oxygen atoms in total. The highest BCUT2D eigenvalue weighted by Crippen LogP contribution is 2.49. The van der Waals surface area contributed by atoms with Gasteiger partial charge in [0.2, 0.25) is 18.4 Å². The lowest BCUT2D eigenvalue weighted by Crippen LogP contribution is -2.34. The van der Waals surface area contributed by atoms with Crippen LogP contribution in [0.4, 0.5) is 0 Å². The number of nitrogens with one attached hydrogen (secondary N) is 1. The number of likely N-dealkylation sites (N-methyl/N-ethyl adjacent to an activating group) is 1. The summed E-state index contributed by atoms with van der Waals surface area (Å²) in [6.45, 7) is 4.88. The molecule has 0 unspecified atom stereocenters. The summed E-state index contributed by atoms with van der Waals surface area (Å²) < 4.78 is 17.8. The predicted molar refractivity (Wildman–Crippen MR) is 114 cm³/mol. The van der Waals surface area contributed by atoms with Gasteiger partial charge in [0.25, 0.3) is 5.56 Å². The first-order valence-electron chi connectivity index (χ1n) is 9.82. The SMILES string of the molecule is C=CCn1c(O)c(C=NC[C@H]2c3c(cc4c(c3OC)OCO4)CCN2C)c(=O)[nH]c1=O. The second-order valence-corrected chi connectivity index (χ2v) is 7.35. The Morgan fingerprint density at radius 2 is 2.23 bits per heavy atom. The Hall–Kier alpha value is -3.53. The molecule has 0 bridgehead atoms. The summed E-state index contributed by atoms with van der Waals surface area (Å²) in [4.78, 5) is 32.8. The van der Waals surface area contributed by atoms with Crippen LogP contribution in [-0.4, -0.2) is 59.8 Å². The molecule has 31 heavy (non-hydrogen) atoms. The van der Waals surface area contributed by atoms with Gasteiger partial charge in [-0.1, -0.05) is 6.08 Å². The number of fused-ring (bicyclic) bond motifs is 2. The van der Waals surface area contributed by atoms with Crippen molar-refractivity contribution in [2.75, 3.05) is 34.0 Å². The van der Waals surface area contributed by atoms with Crippen LogP contribution >= 0.6 is 0 Å². The smallest absolute Gasteiger partial charge is 0.331 e. The normalized spacial score (nSPS) is 17.7. The maximum Gasteiger partial charge on any atom is 0.331 e. The number of allylic oxidation sites excluding steroid dienone is 1. The molecule has 1 aromatic carbocycles. The van der Waals surface area contributed by atoms with E-state index in [0.29, 0.717) is 23.8 Å². The number of methoxy groups -OCH3 is 1. The molecule has 0 spiro atoms. The number of benzene rings is 1. The first-order chi connectivity index (χ1) is 15.0. The zero-order chi connectivity index (χ0) is 22.1. The number of ether oxygens (including phenoxy) is 3. The van der Waals surface area contributed by atoms with Crippen LogP contribution in [0.25, 0.3) is 0 Å². The van der Waals surface area contributed by atoms with Crippen LogP contribution in [0.3, 0.4) is 0 Å². The molecule has 4 rings (SSSR count). The number of aromatic amines is 1. The first-order valence-corrected chi connectivity index (χ1v) is 9.82. The van der Waals surface area contributed by atoms with Crippen molar-refractivity contribution in [3.63, 3.8) is 0 Å². The maximum absolute atomic E-state index is 12.2. The van der Waals surface area contributed by atoms with E-state index in [9.17, 15) is 14.7 Å². The molecule has 0 fully saturated rings. The number of hydrogen-bond donors (Lipinski definition) is 2. The van der Waals surface area contributed by atoms with Gasteiger partial charge in [0.1, 0.15) is 5.56 Å². The van der Waals surface area contributed by atoms with Gasteiger partial charge >= 0.3 is 5.69 Å². The number of H-pyrrole nitrogens is 1. The number of hydrogen-bond acceptors (Lipinski definition) is 8. The molecule has 164 valence electrons. The average Bonchev–Trinajstić information content (AvgIpc) is 3.21. The average molecular weight is 428 g/mol. The van der Waals surface area contributed by atoms with Gasteiger partial charge in [-0.15, -0.1) is 6.58 Å². The number of aliphatic imine (C=N–C) groups is 1. The Morgan fingerprint density at radius 1 is 1.42 bits per heavy atom. The lowest BCUT2D eigenvalue weighted by molar-refractivity contribution is 0.170. The molecular weight excluding hydrogens is 404 g/mol. The van der Waals surface area contributed by atoms with Gasteiger partial charge in [-0.25, -0.2) is 4.79 Å². The van der Waals surface area contributed by atoms with Crippen LogP contribution in [0.1, 0.15) is 22.7 Å². The quantitative estimate of drug-likeness (QED) is 0.516. The Kier molecular flexibility index (Phi) is 5.55. The van der Waals surface area contributed by atoms with Gasteiger partial charge in [-0.3, -0.25) is 24.2 Å². The monoisotopic (exact) mass is 428 g/mol. The van der Waals surface area contributed by atoms with E-state index in [1.165, 1.54) is 12.3 Å². The van der Waals surface area contributed by atoms with Crippen molar-refractivity contribution < 1.29 is 19.3 Å². The van der Waals surface area contributed by atoms with Crippen molar-refractivity contribution in [1.29, 1.82) is 0 Å². The zero-order valence-electron chi connectivity index (χ0n) is 17.4. The van der Waals surface area contributed by atoms with Gasteiger partial charge in [-0.05, 0) is 25.1 Å². The highest BCUT2D eigenvalue weighted by Gasteiger charge is 2.33. The van der Waals surface area contributed by atoms with E-state index in [1.807, 2.05) is 13.1 Å². The van der Waals surface area contributed by atoms with E-state index in [-0.39, 0.29) is 24.9 Å². The number of rotatable bonds is 6. The molecule has 1 atom stereocenters. The minimum Gasteiger partial charge on any atom is -0.494 e. The van der Waals surface area contributed by atoms with Crippen molar-refractivity contribution in [3.05, 3.63) is 56.2 Å². The number of aromatic hydroxyl groups is 1. The lowest BCUT2D eigenvalue weighted by atomic mass is 9.91. The van der Waals surface area contributed by atoms with Gasteiger partial charge in [0.15, 0.2) is 11.5 Å².